The molecule has 23 heavy (non-hydrogen) atoms. The molecule has 1 aliphatic heterocycles. The molecule has 4 nitrogen and oxygen atoms in total. The fourth-order valence-corrected chi connectivity index (χ4v) is 2.90. The Bertz CT molecular complexity index is 744. The highest BCUT2D eigenvalue weighted by Gasteiger charge is 2.23. The maximum atomic E-state index is 12.5. The summed E-state index contributed by atoms with van der Waals surface area (Å²) in [5, 5.41) is 9.83. The molecular weight excluding hydrogens is 310 g/mol. The summed E-state index contributed by atoms with van der Waals surface area (Å²) < 4.78 is 0. The van der Waals surface area contributed by atoms with E-state index in [1.807, 2.05) is 29.2 Å². The van der Waals surface area contributed by atoms with Gasteiger partial charge in [0.15, 0.2) is 0 Å². The molecule has 2 aromatic rings. The van der Waals surface area contributed by atoms with E-state index in [2.05, 4.69) is 11.0 Å². The largest absolute Gasteiger partial charge is 0.367 e. The van der Waals surface area contributed by atoms with E-state index < -0.39 is 0 Å². The standard InChI is InChI=1S/C18H16ClN3O/c19-16-7-5-14(6-8-16)18(23)22-11-9-21(10-12-22)17-4-2-1-3-15(17)13-20/h1-8H,9-12H2. The van der Waals surface area contributed by atoms with Crippen molar-refractivity contribution in [3.05, 3.63) is 64.7 Å². The second-order valence-electron chi connectivity index (χ2n) is 5.42. The van der Waals surface area contributed by atoms with Crippen LogP contribution in [0.25, 0.3) is 0 Å². The summed E-state index contributed by atoms with van der Waals surface area (Å²) in [5.74, 6) is 0.0230. The van der Waals surface area contributed by atoms with Crippen molar-refractivity contribution >= 4 is 23.2 Å². The van der Waals surface area contributed by atoms with Crippen LogP contribution in [0.3, 0.4) is 0 Å². The Hall–Kier alpha value is -2.51. The van der Waals surface area contributed by atoms with Gasteiger partial charge in [-0.2, -0.15) is 5.26 Å². The summed E-state index contributed by atoms with van der Waals surface area (Å²) in [7, 11) is 0. The number of benzene rings is 2. The van der Waals surface area contributed by atoms with Gasteiger partial charge in [0.05, 0.1) is 11.3 Å². The maximum absolute atomic E-state index is 12.5. The van der Waals surface area contributed by atoms with E-state index >= 15 is 0 Å². The van der Waals surface area contributed by atoms with Crippen molar-refractivity contribution in [3.8, 4) is 6.07 Å². The average molecular weight is 326 g/mol. The predicted molar refractivity (Wildman–Crippen MR) is 90.7 cm³/mol. The molecule has 2 aromatic carbocycles. The first-order chi connectivity index (χ1) is 11.2. The fourth-order valence-electron chi connectivity index (χ4n) is 2.77. The molecular formula is C18H16ClN3O. The number of para-hydroxylation sites is 1. The van der Waals surface area contributed by atoms with Gasteiger partial charge in [-0.05, 0) is 36.4 Å². The summed E-state index contributed by atoms with van der Waals surface area (Å²) in [6, 6.07) is 16.8. The highest BCUT2D eigenvalue weighted by atomic mass is 35.5. The van der Waals surface area contributed by atoms with Crippen LogP contribution in [0.1, 0.15) is 15.9 Å². The van der Waals surface area contributed by atoms with Crippen LogP contribution >= 0.6 is 11.6 Å². The van der Waals surface area contributed by atoms with Gasteiger partial charge in [0, 0.05) is 36.8 Å². The Kier molecular flexibility index (Phi) is 4.50. The molecule has 1 heterocycles. The summed E-state index contributed by atoms with van der Waals surface area (Å²) in [6.45, 7) is 2.72. The second kappa shape index (κ2) is 6.72. The molecule has 0 aromatic heterocycles. The molecule has 0 unspecified atom stereocenters. The highest BCUT2D eigenvalue weighted by Crippen LogP contribution is 2.21. The molecule has 3 rings (SSSR count). The Morgan fingerprint density at radius 2 is 1.65 bits per heavy atom. The van der Waals surface area contributed by atoms with Crippen molar-refractivity contribution in [1.29, 1.82) is 5.26 Å². The topological polar surface area (TPSA) is 47.3 Å². The van der Waals surface area contributed by atoms with Crippen molar-refractivity contribution < 1.29 is 4.79 Å². The Morgan fingerprint density at radius 3 is 2.30 bits per heavy atom. The fraction of sp³-hybridized carbons (Fsp3) is 0.222. The number of rotatable bonds is 2. The second-order valence-corrected chi connectivity index (χ2v) is 5.85. The molecule has 0 atom stereocenters. The molecule has 1 aliphatic rings. The lowest BCUT2D eigenvalue weighted by molar-refractivity contribution is 0.0747. The molecule has 0 bridgehead atoms. The minimum Gasteiger partial charge on any atom is -0.367 e. The van der Waals surface area contributed by atoms with Crippen LogP contribution in [0.5, 0.6) is 0 Å². The van der Waals surface area contributed by atoms with E-state index in [-0.39, 0.29) is 5.91 Å². The monoisotopic (exact) mass is 325 g/mol. The number of carbonyl (C=O) groups is 1. The zero-order valence-corrected chi connectivity index (χ0v) is 13.3. The highest BCUT2D eigenvalue weighted by molar-refractivity contribution is 6.30. The number of hydrogen-bond donors (Lipinski definition) is 0. The zero-order chi connectivity index (χ0) is 16.2. The first-order valence-corrected chi connectivity index (χ1v) is 7.86. The van der Waals surface area contributed by atoms with Crippen LogP contribution in [0, 0.1) is 11.3 Å². The molecule has 1 saturated heterocycles. The normalized spacial score (nSPS) is 14.4. The number of anilines is 1. The minimum atomic E-state index is 0.0230. The first-order valence-electron chi connectivity index (χ1n) is 7.48. The van der Waals surface area contributed by atoms with E-state index in [1.165, 1.54) is 0 Å². The van der Waals surface area contributed by atoms with Crippen LogP contribution < -0.4 is 4.90 Å². The first kappa shape index (κ1) is 15.4. The SMILES string of the molecule is N#Cc1ccccc1N1CCN(C(=O)c2ccc(Cl)cc2)CC1. The van der Waals surface area contributed by atoms with Crippen LogP contribution in [0.2, 0.25) is 5.02 Å². The van der Waals surface area contributed by atoms with Gasteiger partial charge in [0.1, 0.15) is 6.07 Å². The van der Waals surface area contributed by atoms with Gasteiger partial charge >= 0.3 is 0 Å². The maximum Gasteiger partial charge on any atom is 0.253 e. The van der Waals surface area contributed by atoms with Crippen molar-refractivity contribution in [2.75, 3.05) is 31.1 Å². The van der Waals surface area contributed by atoms with E-state index in [1.54, 1.807) is 24.3 Å². The van der Waals surface area contributed by atoms with Gasteiger partial charge in [-0.1, -0.05) is 23.7 Å². The van der Waals surface area contributed by atoms with Crippen molar-refractivity contribution in [1.82, 2.24) is 4.90 Å². The number of nitrogens with zero attached hydrogens (tertiary/aromatic N) is 3. The van der Waals surface area contributed by atoms with Crippen LogP contribution in [-0.4, -0.2) is 37.0 Å². The number of nitriles is 1. The molecule has 5 heteroatoms. The molecule has 0 N–H and O–H groups in total. The number of halogens is 1. The van der Waals surface area contributed by atoms with Crippen molar-refractivity contribution in [3.63, 3.8) is 0 Å². The molecule has 1 amide bonds. The molecule has 0 spiro atoms. The predicted octanol–water partition coefficient (Wildman–Crippen LogP) is 3.17. The van der Waals surface area contributed by atoms with Crippen molar-refractivity contribution in [2.24, 2.45) is 0 Å². The van der Waals surface area contributed by atoms with E-state index in [9.17, 15) is 10.1 Å². The van der Waals surface area contributed by atoms with Crippen LogP contribution in [-0.2, 0) is 0 Å². The average Bonchev–Trinajstić information content (AvgIpc) is 2.62. The number of piperazine rings is 1. The Balaban J connectivity index is 1.68. The van der Waals surface area contributed by atoms with E-state index in [4.69, 9.17) is 11.6 Å². The smallest absolute Gasteiger partial charge is 0.253 e. The molecule has 0 radical (unpaired) electrons. The third kappa shape index (κ3) is 3.30. The summed E-state index contributed by atoms with van der Waals surface area (Å²) in [4.78, 5) is 16.5. The summed E-state index contributed by atoms with van der Waals surface area (Å²) in [5.41, 5.74) is 2.26. The number of carbonyl (C=O) groups excluding carboxylic acids is 1. The van der Waals surface area contributed by atoms with Crippen LogP contribution in [0.4, 0.5) is 5.69 Å². The van der Waals surface area contributed by atoms with Gasteiger partial charge in [-0.25, -0.2) is 0 Å². The third-order valence-electron chi connectivity index (χ3n) is 4.02. The molecule has 0 aliphatic carbocycles. The lowest BCUT2D eigenvalue weighted by Gasteiger charge is -2.36. The number of hydrogen-bond acceptors (Lipinski definition) is 3. The molecule has 1 fully saturated rings. The summed E-state index contributed by atoms with van der Waals surface area (Å²) in [6.07, 6.45) is 0. The Labute approximate surface area is 140 Å². The van der Waals surface area contributed by atoms with E-state index in [0.717, 1.165) is 18.8 Å². The zero-order valence-electron chi connectivity index (χ0n) is 12.6. The van der Waals surface area contributed by atoms with E-state index in [0.29, 0.717) is 29.2 Å². The molecule has 0 saturated carbocycles. The number of amides is 1. The van der Waals surface area contributed by atoms with Crippen molar-refractivity contribution in [2.45, 2.75) is 0 Å². The van der Waals surface area contributed by atoms with Gasteiger partial charge in [-0.3, -0.25) is 4.79 Å². The quantitative estimate of drug-likeness (QED) is 0.852. The van der Waals surface area contributed by atoms with Gasteiger partial charge < -0.3 is 9.80 Å². The molecule has 116 valence electrons. The lowest BCUT2D eigenvalue weighted by Crippen LogP contribution is -2.49. The third-order valence-corrected chi connectivity index (χ3v) is 4.28. The van der Waals surface area contributed by atoms with Gasteiger partial charge in [-0.15, -0.1) is 0 Å². The Morgan fingerprint density at radius 1 is 1.00 bits per heavy atom. The minimum absolute atomic E-state index is 0.0230. The van der Waals surface area contributed by atoms with Gasteiger partial charge in [0.2, 0.25) is 0 Å². The lowest BCUT2D eigenvalue weighted by atomic mass is 10.1. The van der Waals surface area contributed by atoms with Gasteiger partial charge in [0.25, 0.3) is 5.91 Å². The summed E-state index contributed by atoms with van der Waals surface area (Å²) >= 11 is 5.86. The van der Waals surface area contributed by atoms with Crippen LogP contribution in [0.15, 0.2) is 48.5 Å².